The molecule has 0 saturated carbocycles. The van der Waals surface area contributed by atoms with Crippen LogP contribution < -0.4 is 24.8 Å². The molecule has 0 heterocycles. The summed E-state index contributed by atoms with van der Waals surface area (Å²) in [6.45, 7) is 18.7. The molecule has 2 rings (SSSR count). The lowest BCUT2D eigenvalue weighted by molar-refractivity contribution is -0.108. The highest BCUT2D eigenvalue weighted by Gasteiger charge is 2.20. The van der Waals surface area contributed by atoms with Gasteiger partial charge in [-0.2, -0.15) is 0 Å². The van der Waals surface area contributed by atoms with E-state index in [0.717, 1.165) is 19.1 Å². The summed E-state index contributed by atoms with van der Waals surface area (Å²) < 4.78 is 24.4. The summed E-state index contributed by atoms with van der Waals surface area (Å²) in [4.78, 5) is 32.7. The standard InChI is InChI=1S/C12H15NO2.C11H13NO3.C9H19NOS/c1-3-7-10(2)13-12(14)15-11-8-5-4-6-9-11;1-9(7-8-13)12-11(14)15-10-5-3-2-4-6-10;1-6-7-8(2)10-12(11)9(3,4)5/h3-6,8-10H,1,7H2,2H3,(H,13,14);2-6,8-9H,7H2,1H3,(H,12,14);6,8,10H,1,7H2,2-5H3/t10-;9-;8-,12+/m111/s1. The Balaban J connectivity index is 0.000000606. The molecule has 0 aliphatic carbocycles. The van der Waals surface area contributed by atoms with Crippen molar-refractivity contribution < 1.29 is 28.1 Å². The van der Waals surface area contributed by atoms with E-state index >= 15 is 0 Å². The van der Waals surface area contributed by atoms with Gasteiger partial charge in [0.2, 0.25) is 0 Å². The second-order valence-corrected chi connectivity index (χ2v) is 12.3. The summed E-state index contributed by atoms with van der Waals surface area (Å²) in [5, 5.41) is 5.23. The van der Waals surface area contributed by atoms with Gasteiger partial charge < -0.3 is 24.9 Å². The fourth-order valence-corrected chi connectivity index (χ4v) is 3.64. The maximum absolute atomic E-state index is 11.5. The van der Waals surface area contributed by atoms with Crippen LogP contribution in [-0.4, -0.2) is 45.6 Å². The molecule has 9 nitrogen and oxygen atoms in total. The molecule has 42 heavy (non-hydrogen) atoms. The van der Waals surface area contributed by atoms with E-state index in [1.165, 1.54) is 0 Å². The average Bonchev–Trinajstić information content (AvgIpc) is 2.90. The van der Waals surface area contributed by atoms with Crippen LogP contribution in [0.3, 0.4) is 0 Å². The topological polar surface area (TPSA) is 123 Å². The normalized spacial score (nSPS) is 13.1. The summed E-state index contributed by atoms with van der Waals surface area (Å²) in [7, 11) is -0.967. The number of hydrogen-bond donors (Lipinski definition) is 3. The SMILES string of the molecule is C=CC[C@@H](C)NC(=O)Oc1ccccc1.C=CC[C@@H](C)N[S@@](=O)C(C)(C)C.C[C@H](CC=O)NC(=O)Oc1ccccc1. The molecular formula is C32H47N3O6S. The van der Waals surface area contributed by atoms with Crippen LogP contribution in [0.2, 0.25) is 0 Å². The lowest BCUT2D eigenvalue weighted by atomic mass is 10.2. The monoisotopic (exact) mass is 601 g/mol. The molecule has 0 unspecified atom stereocenters. The number of carbonyl (C=O) groups excluding carboxylic acids is 3. The van der Waals surface area contributed by atoms with Crippen molar-refractivity contribution in [2.75, 3.05) is 0 Å². The maximum Gasteiger partial charge on any atom is 0.412 e. The minimum atomic E-state index is -0.967. The van der Waals surface area contributed by atoms with Crippen LogP contribution in [0.5, 0.6) is 11.5 Å². The fourth-order valence-electron chi connectivity index (χ4n) is 2.82. The van der Waals surface area contributed by atoms with E-state index in [1.54, 1.807) is 49.4 Å². The number of hydrogen-bond acceptors (Lipinski definition) is 6. The predicted octanol–water partition coefficient (Wildman–Crippen LogP) is 6.49. The third-order valence-electron chi connectivity index (χ3n) is 4.99. The summed E-state index contributed by atoms with van der Waals surface area (Å²) >= 11 is 0. The lowest BCUT2D eigenvalue weighted by Crippen LogP contribution is -2.38. The second-order valence-electron chi connectivity index (χ2n) is 10.3. The van der Waals surface area contributed by atoms with E-state index in [1.807, 2.05) is 65.0 Å². The van der Waals surface area contributed by atoms with E-state index in [9.17, 15) is 18.6 Å². The van der Waals surface area contributed by atoms with E-state index in [-0.39, 0.29) is 29.3 Å². The molecular weight excluding hydrogens is 554 g/mol. The molecule has 10 heteroatoms. The molecule has 2 aromatic carbocycles. The predicted molar refractivity (Wildman–Crippen MR) is 171 cm³/mol. The van der Waals surface area contributed by atoms with Crippen molar-refractivity contribution >= 4 is 29.5 Å². The highest BCUT2D eigenvalue weighted by molar-refractivity contribution is 7.84. The third-order valence-corrected chi connectivity index (χ3v) is 6.72. The quantitative estimate of drug-likeness (QED) is 0.189. The van der Waals surface area contributed by atoms with Crippen molar-refractivity contribution in [3.05, 3.63) is 86.0 Å². The highest BCUT2D eigenvalue weighted by Crippen LogP contribution is 2.10. The van der Waals surface area contributed by atoms with Gasteiger partial charge in [0, 0.05) is 24.5 Å². The van der Waals surface area contributed by atoms with E-state index in [4.69, 9.17) is 9.47 Å². The number of aldehydes is 1. The molecule has 232 valence electrons. The summed E-state index contributed by atoms with van der Waals surface area (Å²) in [6, 6.07) is 17.8. The largest absolute Gasteiger partial charge is 0.412 e. The first-order valence-corrected chi connectivity index (χ1v) is 14.9. The molecule has 4 atom stereocenters. The molecule has 0 radical (unpaired) electrons. The molecule has 0 aliphatic rings. The maximum atomic E-state index is 11.5. The lowest BCUT2D eigenvalue weighted by Gasteiger charge is -2.21. The first kappa shape index (κ1) is 38.2. The zero-order valence-electron chi connectivity index (χ0n) is 25.6. The minimum Gasteiger partial charge on any atom is -0.410 e. The Labute approximate surface area is 253 Å². The van der Waals surface area contributed by atoms with Gasteiger partial charge in [0.15, 0.2) is 0 Å². The Kier molecular flexibility index (Phi) is 20.0. The average molecular weight is 602 g/mol. The van der Waals surface area contributed by atoms with E-state index in [2.05, 4.69) is 28.5 Å². The fraction of sp³-hybridized carbons (Fsp3) is 0.406. The number of rotatable bonds is 12. The Morgan fingerprint density at radius 3 is 1.50 bits per heavy atom. The highest BCUT2D eigenvalue weighted by atomic mass is 32.2. The van der Waals surface area contributed by atoms with Crippen LogP contribution >= 0.6 is 0 Å². The molecule has 0 aliphatic heterocycles. The van der Waals surface area contributed by atoms with Gasteiger partial charge in [-0.3, -0.25) is 0 Å². The zero-order chi connectivity index (χ0) is 32.0. The van der Waals surface area contributed by atoms with Crippen molar-refractivity contribution in [3.8, 4) is 11.5 Å². The Morgan fingerprint density at radius 2 is 1.14 bits per heavy atom. The summed E-state index contributed by atoms with van der Waals surface area (Å²) in [5.41, 5.74) is 0. The van der Waals surface area contributed by atoms with Crippen molar-refractivity contribution in [2.24, 2.45) is 0 Å². The van der Waals surface area contributed by atoms with Crippen molar-refractivity contribution in [2.45, 2.75) is 83.7 Å². The van der Waals surface area contributed by atoms with E-state index in [0.29, 0.717) is 11.5 Å². The van der Waals surface area contributed by atoms with Gasteiger partial charge in [-0.05, 0) is 78.6 Å². The van der Waals surface area contributed by atoms with Crippen LogP contribution in [0, 0.1) is 0 Å². The zero-order valence-corrected chi connectivity index (χ0v) is 26.4. The van der Waals surface area contributed by atoms with Crippen LogP contribution in [0.15, 0.2) is 86.0 Å². The smallest absolute Gasteiger partial charge is 0.410 e. The molecule has 0 fully saturated rings. The number of benzene rings is 2. The number of amides is 2. The molecule has 0 spiro atoms. The first-order chi connectivity index (χ1) is 19.8. The van der Waals surface area contributed by atoms with Gasteiger partial charge in [0.1, 0.15) is 17.8 Å². The third kappa shape index (κ3) is 20.2. The van der Waals surface area contributed by atoms with Gasteiger partial charge in [-0.15, -0.1) is 13.2 Å². The molecule has 2 amide bonds. The van der Waals surface area contributed by atoms with Crippen LogP contribution in [-0.2, 0) is 15.8 Å². The molecule has 0 saturated heterocycles. The minimum absolute atomic E-state index is 0.0405. The molecule has 0 aromatic heterocycles. The second kappa shape index (κ2) is 21.9. The Hall–Kier alpha value is -3.76. The van der Waals surface area contributed by atoms with Gasteiger partial charge in [-0.1, -0.05) is 48.6 Å². The number of para-hydroxylation sites is 2. The molecule has 3 N–H and O–H groups in total. The Bertz CT molecular complexity index is 1020. The van der Waals surface area contributed by atoms with Crippen LogP contribution in [0.1, 0.15) is 60.8 Å². The van der Waals surface area contributed by atoms with Gasteiger partial charge in [-0.25, -0.2) is 18.5 Å². The molecule has 2 aromatic rings. The van der Waals surface area contributed by atoms with Crippen LogP contribution in [0.25, 0.3) is 0 Å². The number of carbonyl (C=O) groups is 3. The van der Waals surface area contributed by atoms with E-state index < -0.39 is 23.2 Å². The van der Waals surface area contributed by atoms with Crippen molar-refractivity contribution in [1.29, 1.82) is 0 Å². The van der Waals surface area contributed by atoms with Gasteiger partial charge in [0.05, 0.1) is 15.7 Å². The summed E-state index contributed by atoms with van der Waals surface area (Å²) in [5.74, 6) is 1.02. The summed E-state index contributed by atoms with van der Waals surface area (Å²) in [6.07, 6.45) is 5.22. The molecule has 0 bridgehead atoms. The number of ether oxygens (including phenoxy) is 2. The van der Waals surface area contributed by atoms with Crippen molar-refractivity contribution in [3.63, 3.8) is 0 Å². The first-order valence-electron chi connectivity index (χ1n) is 13.7. The van der Waals surface area contributed by atoms with Crippen molar-refractivity contribution in [1.82, 2.24) is 15.4 Å². The Morgan fingerprint density at radius 1 is 0.762 bits per heavy atom. The van der Waals surface area contributed by atoms with Gasteiger partial charge >= 0.3 is 12.2 Å². The van der Waals surface area contributed by atoms with Crippen LogP contribution in [0.4, 0.5) is 9.59 Å². The van der Waals surface area contributed by atoms with Gasteiger partial charge in [0.25, 0.3) is 0 Å². The number of nitrogens with one attached hydrogen (secondary N) is 3.